The molecule has 2 fully saturated rings. The van der Waals surface area contributed by atoms with Gasteiger partial charge in [-0.3, -0.25) is 4.79 Å². The van der Waals surface area contributed by atoms with Gasteiger partial charge < -0.3 is 9.64 Å². The van der Waals surface area contributed by atoms with Crippen molar-refractivity contribution in [3.63, 3.8) is 0 Å². The van der Waals surface area contributed by atoms with Gasteiger partial charge in [0.1, 0.15) is 0 Å². The van der Waals surface area contributed by atoms with E-state index in [1.54, 1.807) is 0 Å². The van der Waals surface area contributed by atoms with Gasteiger partial charge in [0.15, 0.2) is 0 Å². The van der Waals surface area contributed by atoms with Crippen molar-refractivity contribution in [1.82, 2.24) is 4.90 Å². The van der Waals surface area contributed by atoms with Gasteiger partial charge in [0.25, 0.3) is 0 Å². The van der Waals surface area contributed by atoms with E-state index in [1.165, 1.54) is 0 Å². The molecule has 2 aliphatic heterocycles. The summed E-state index contributed by atoms with van der Waals surface area (Å²) < 4.78 is 5.97. The zero-order chi connectivity index (χ0) is 12.5. The highest BCUT2D eigenvalue weighted by molar-refractivity contribution is 9.10. The van der Waals surface area contributed by atoms with Gasteiger partial charge in [0.2, 0.25) is 5.91 Å². The molecule has 17 heavy (non-hydrogen) atoms. The normalized spacial score (nSPS) is 33.1. The molecule has 4 heteroatoms. The predicted molar refractivity (Wildman–Crippen MR) is 71.3 cm³/mol. The Labute approximate surface area is 112 Å². The Balaban J connectivity index is 2.05. The minimum absolute atomic E-state index is 0.00754. The molecule has 0 aromatic rings. The van der Waals surface area contributed by atoms with Crippen LogP contribution in [-0.4, -0.2) is 40.4 Å². The van der Waals surface area contributed by atoms with E-state index < -0.39 is 0 Å². The number of carbonyl (C=O) groups is 1. The van der Waals surface area contributed by atoms with Gasteiger partial charge in [-0.25, -0.2) is 0 Å². The summed E-state index contributed by atoms with van der Waals surface area (Å²) in [6, 6.07) is 0.388. The number of rotatable bonds is 3. The van der Waals surface area contributed by atoms with Crippen LogP contribution >= 0.6 is 15.9 Å². The van der Waals surface area contributed by atoms with E-state index in [4.69, 9.17) is 4.74 Å². The van der Waals surface area contributed by atoms with Crippen LogP contribution in [0, 0.1) is 0 Å². The maximum absolute atomic E-state index is 12.0. The molecule has 2 heterocycles. The van der Waals surface area contributed by atoms with E-state index in [-0.39, 0.29) is 16.3 Å². The zero-order valence-corrected chi connectivity index (χ0v) is 12.3. The van der Waals surface area contributed by atoms with Gasteiger partial charge in [0.05, 0.1) is 10.4 Å². The molecular weight excluding hydrogens is 282 g/mol. The van der Waals surface area contributed by atoms with E-state index in [1.807, 2.05) is 0 Å². The lowest BCUT2D eigenvalue weighted by Crippen LogP contribution is -2.49. The molecule has 2 rings (SSSR count). The van der Waals surface area contributed by atoms with Crippen molar-refractivity contribution in [1.29, 1.82) is 0 Å². The lowest BCUT2D eigenvalue weighted by Gasteiger charge is -2.43. The maximum atomic E-state index is 12.0. The zero-order valence-electron chi connectivity index (χ0n) is 10.7. The quantitative estimate of drug-likeness (QED) is 0.750. The lowest BCUT2D eigenvalue weighted by molar-refractivity contribution is -0.139. The van der Waals surface area contributed by atoms with Gasteiger partial charge in [0, 0.05) is 19.2 Å². The highest BCUT2D eigenvalue weighted by atomic mass is 79.9. The molecule has 2 unspecified atom stereocenters. The molecule has 1 amide bonds. The summed E-state index contributed by atoms with van der Waals surface area (Å²) >= 11 is 3.45. The number of hydrogen-bond acceptors (Lipinski definition) is 2. The first-order chi connectivity index (χ1) is 8.12. The highest BCUT2D eigenvalue weighted by Crippen LogP contribution is 2.35. The van der Waals surface area contributed by atoms with Crippen LogP contribution in [0.25, 0.3) is 0 Å². The van der Waals surface area contributed by atoms with Crippen molar-refractivity contribution in [2.24, 2.45) is 0 Å². The minimum Gasteiger partial charge on any atom is -0.375 e. The largest absolute Gasteiger partial charge is 0.375 e. The molecule has 3 nitrogen and oxygen atoms in total. The number of ether oxygens (including phenoxy) is 1. The van der Waals surface area contributed by atoms with Crippen molar-refractivity contribution < 1.29 is 9.53 Å². The van der Waals surface area contributed by atoms with Crippen LogP contribution < -0.4 is 0 Å². The number of hydrogen-bond donors (Lipinski definition) is 0. The fourth-order valence-electron chi connectivity index (χ4n) is 3.04. The summed E-state index contributed by atoms with van der Waals surface area (Å²) in [7, 11) is 0. The topological polar surface area (TPSA) is 29.5 Å². The smallest absolute Gasteiger partial charge is 0.236 e. The Morgan fingerprint density at radius 1 is 1.41 bits per heavy atom. The third-order valence-electron chi connectivity index (χ3n) is 4.37. The van der Waals surface area contributed by atoms with E-state index in [0.29, 0.717) is 6.04 Å². The maximum Gasteiger partial charge on any atom is 0.236 e. The monoisotopic (exact) mass is 303 g/mol. The third kappa shape index (κ3) is 2.53. The second-order valence-electron chi connectivity index (χ2n) is 5.17. The molecule has 98 valence electrons. The van der Waals surface area contributed by atoms with Crippen molar-refractivity contribution in [3.8, 4) is 0 Å². The van der Waals surface area contributed by atoms with Crippen molar-refractivity contribution in [2.75, 3.05) is 13.2 Å². The highest BCUT2D eigenvalue weighted by Gasteiger charge is 2.41. The number of carbonyl (C=O) groups excluding carboxylic acids is 1. The molecule has 0 radical (unpaired) electrons. The summed E-state index contributed by atoms with van der Waals surface area (Å²) in [4.78, 5) is 14.1. The lowest BCUT2D eigenvalue weighted by atomic mass is 9.85. The van der Waals surface area contributed by atoms with Gasteiger partial charge in [-0.05, 0) is 32.1 Å². The van der Waals surface area contributed by atoms with Crippen LogP contribution in [0.3, 0.4) is 0 Å². The summed E-state index contributed by atoms with van der Waals surface area (Å²) in [5.41, 5.74) is 0.00754. The van der Waals surface area contributed by atoms with Crippen LogP contribution in [0.15, 0.2) is 0 Å². The first-order valence-corrected chi connectivity index (χ1v) is 7.62. The fraction of sp³-hybridized carbons (Fsp3) is 0.923. The molecule has 0 saturated carbocycles. The summed E-state index contributed by atoms with van der Waals surface area (Å²) in [6.07, 6.45) is 5.03. The molecule has 2 saturated heterocycles. The summed E-state index contributed by atoms with van der Waals surface area (Å²) in [5.74, 6) is 0.276. The number of halogens is 1. The molecule has 2 aliphatic rings. The molecule has 0 aromatic carbocycles. The summed E-state index contributed by atoms with van der Waals surface area (Å²) in [5, 5.41) is 0. The predicted octanol–water partition coefficient (Wildman–Crippen LogP) is 2.72. The van der Waals surface area contributed by atoms with Gasteiger partial charge >= 0.3 is 0 Å². The summed E-state index contributed by atoms with van der Waals surface area (Å²) in [6.45, 7) is 6.07. The Hall–Kier alpha value is -0.0900. The van der Waals surface area contributed by atoms with E-state index in [0.717, 1.165) is 45.3 Å². The van der Waals surface area contributed by atoms with Gasteiger partial charge in [-0.15, -0.1) is 0 Å². The number of likely N-dealkylation sites (tertiary alicyclic amines) is 1. The standard InChI is InChI=1S/C13H22BrNO2/c1-3-13(4-2)9-10(6-8-17-13)15-7-5-11(14)12(15)16/h10-11H,3-9H2,1-2H3. The molecule has 0 aliphatic carbocycles. The molecule has 0 spiro atoms. The minimum atomic E-state index is 0.00754. The second kappa shape index (κ2) is 5.27. The van der Waals surface area contributed by atoms with E-state index in [2.05, 4.69) is 34.7 Å². The van der Waals surface area contributed by atoms with Crippen molar-refractivity contribution in [2.45, 2.75) is 62.4 Å². The molecule has 0 aromatic heterocycles. The van der Waals surface area contributed by atoms with Crippen LogP contribution in [-0.2, 0) is 9.53 Å². The van der Waals surface area contributed by atoms with Crippen LogP contribution in [0.1, 0.15) is 46.0 Å². The van der Waals surface area contributed by atoms with E-state index in [9.17, 15) is 4.79 Å². The number of nitrogens with zero attached hydrogens (tertiary/aromatic N) is 1. The van der Waals surface area contributed by atoms with Crippen molar-refractivity contribution >= 4 is 21.8 Å². The first kappa shape index (κ1) is 13.3. The molecular formula is C13H22BrNO2. The number of alkyl halides is 1. The average Bonchev–Trinajstić information content (AvgIpc) is 2.70. The molecule has 2 atom stereocenters. The SMILES string of the molecule is CCC1(CC)CC(N2CCC(Br)C2=O)CCO1. The van der Waals surface area contributed by atoms with Crippen molar-refractivity contribution in [3.05, 3.63) is 0 Å². The van der Waals surface area contributed by atoms with Gasteiger partial charge in [-0.2, -0.15) is 0 Å². The van der Waals surface area contributed by atoms with Gasteiger partial charge in [-0.1, -0.05) is 29.8 Å². The third-order valence-corrected chi connectivity index (χ3v) is 5.22. The fourth-order valence-corrected chi connectivity index (χ4v) is 3.51. The molecule has 0 bridgehead atoms. The van der Waals surface area contributed by atoms with Crippen LogP contribution in [0.2, 0.25) is 0 Å². The molecule has 0 N–H and O–H groups in total. The van der Waals surface area contributed by atoms with E-state index >= 15 is 0 Å². The second-order valence-corrected chi connectivity index (χ2v) is 6.28. The Bertz CT molecular complexity index is 291. The van der Waals surface area contributed by atoms with Crippen LogP contribution in [0.4, 0.5) is 0 Å². The number of amides is 1. The van der Waals surface area contributed by atoms with Crippen LogP contribution in [0.5, 0.6) is 0 Å². The Morgan fingerprint density at radius 3 is 2.65 bits per heavy atom. The first-order valence-electron chi connectivity index (χ1n) is 6.70. The Kier molecular flexibility index (Phi) is 4.14. The average molecular weight is 304 g/mol. The Morgan fingerprint density at radius 2 is 2.12 bits per heavy atom.